The molecule has 1 aromatic rings. The maximum Gasteiger partial charge on any atom is 0.124 e. The summed E-state index contributed by atoms with van der Waals surface area (Å²) in [4.78, 5) is 2.02. The number of rotatable bonds is 6. The maximum atomic E-state index is 12.9. The van der Waals surface area contributed by atoms with Crippen LogP contribution >= 0.6 is 23.2 Å². The molecule has 0 aliphatic carbocycles. The van der Waals surface area contributed by atoms with Gasteiger partial charge in [-0.1, -0.05) is 17.7 Å². The summed E-state index contributed by atoms with van der Waals surface area (Å²) in [6.45, 7) is 1.82. The van der Waals surface area contributed by atoms with Gasteiger partial charge in [-0.15, -0.1) is 11.6 Å². The van der Waals surface area contributed by atoms with Crippen LogP contribution in [0, 0.1) is 5.82 Å². The fourth-order valence-corrected chi connectivity index (χ4v) is 2.17. The highest BCUT2D eigenvalue weighted by Gasteiger charge is 2.10. The molecule has 0 aliphatic heterocycles. The lowest BCUT2D eigenvalue weighted by Crippen LogP contribution is -2.28. The van der Waals surface area contributed by atoms with Crippen LogP contribution in [0.25, 0.3) is 0 Å². The van der Waals surface area contributed by atoms with Gasteiger partial charge in [-0.2, -0.15) is 0 Å². The van der Waals surface area contributed by atoms with Gasteiger partial charge in [0.25, 0.3) is 0 Å². The minimum Gasteiger partial charge on any atom is -0.383 e. The molecule has 0 heterocycles. The highest BCUT2D eigenvalue weighted by atomic mass is 35.5. The van der Waals surface area contributed by atoms with Gasteiger partial charge in [0.1, 0.15) is 5.82 Å². The zero-order valence-corrected chi connectivity index (χ0v) is 11.4. The molecule has 0 N–H and O–H groups in total. The second-order valence-corrected chi connectivity index (χ2v) is 5.01. The standard InChI is InChI=1S/C12H16Cl2FNO/c1-16(7-10(13)8-17-2)6-9-3-4-11(15)5-12(9)14/h3-5,10H,6-8H2,1-2H3. The zero-order chi connectivity index (χ0) is 12.8. The van der Waals surface area contributed by atoms with E-state index in [0.717, 1.165) is 5.56 Å². The molecule has 0 spiro atoms. The molecule has 0 saturated heterocycles. The van der Waals surface area contributed by atoms with Gasteiger partial charge in [0, 0.05) is 25.2 Å². The summed E-state index contributed by atoms with van der Waals surface area (Å²) in [5, 5.41) is 0.374. The first kappa shape index (κ1) is 14.7. The van der Waals surface area contributed by atoms with Crippen LogP contribution in [0.2, 0.25) is 5.02 Å². The second kappa shape index (κ2) is 7.17. The third kappa shape index (κ3) is 5.21. The quantitative estimate of drug-likeness (QED) is 0.742. The van der Waals surface area contributed by atoms with E-state index in [-0.39, 0.29) is 11.2 Å². The van der Waals surface area contributed by atoms with Crippen molar-refractivity contribution in [3.63, 3.8) is 0 Å². The molecular formula is C12H16Cl2FNO. The van der Waals surface area contributed by atoms with Crippen LogP contribution in [0.5, 0.6) is 0 Å². The average Bonchev–Trinajstić information content (AvgIpc) is 2.22. The highest BCUT2D eigenvalue weighted by Crippen LogP contribution is 2.18. The number of halogens is 3. The molecule has 0 fully saturated rings. The molecule has 1 atom stereocenters. The third-order valence-corrected chi connectivity index (χ3v) is 2.93. The van der Waals surface area contributed by atoms with Crippen molar-refractivity contribution in [3.8, 4) is 0 Å². The van der Waals surface area contributed by atoms with Crippen molar-refractivity contribution in [1.29, 1.82) is 0 Å². The van der Waals surface area contributed by atoms with E-state index in [2.05, 4.69) is 0 Å². The van der Waals surface area contributed by atoms with Crippen LogP contribution < -0.4 is 0 Å². The predicted molar refractivity (Wildman–Crippen MR) is 69.3 cm³/mol. The van der Waals surface area contributed by atoms with Gasteiger partial charge in [0.05, 0.1) is 12.0 Å². The van der Waals surface area contributed by atoms with E-state index in [1.807, 2.05) is 11.9 Å². The third-order valence-electron chi connectivity index (χ3n) is 2.31. The molecular weight excluding hydrogens is 264 g/mol. The summed E-state index contributed by atoms with van der Waals surface area (Å²) >= 11 is 12.0. The van der Waals surface area contributed by atoms with Crippen molar-refractivity contribution >= 4 is 23.2 Å². The first-order chi connectivity index (χ1) is 8.02. The lowest BCUT2D eigenvalue weighted by Gasteiger charge is -2.20. The number of methoxy groups -OCH3 is 1. The zero-order valence-electron chi connectivity index (χ0n) is 9.92. The van der Waals surface area contributed by atoms with Crippen molar-refractivity contribution in [2.75, 3.05) is 27.3 Å². The van der Waals surface area contributed by atoms with Gasteiger partial charge >= 0.3 is 0 Å². The monoisotopic (exact) mass is 279 g/mol. The summed E-state index contributed by atoms with van der Waals surface area (Å²) in [6, 6.07) is 4.41. The molecule has 0 amide bonds. The van der Waals surface area contributed by atoms with Crippen molar-refractivity contribution in [3.05, 3.63) is 34.6 Å². The van der Waals surface area contributed by atoms with Gasteiger partial charge in [-0.05, 0) is 24.7 Å². The summed E-state index contributed by atoms with van der Waals surface area (Å²) in [5.41, 5.74) is 0.886. The van der Waals surface area contributed by atoms with Gasteiger partial charge in [0.2, 0.25) is 0 Å². The van der Waals surface area contributed by atoms with Crippen LogP contribution in [0.1, 0.15) is 5.56 Å². The largest absolute Gasteiger partial charge is 0.383 e. The minimum atomic E-state index is -0.323. The normalized spacial score (nSPS) is 13.1. The molecule has 0 radical (unpaired) electrons. The Kier molecular flexibility index (Phi) is 6.20. The van der Waals surface area contributed by atoms with E-state index in [9.17, 15) is 4.39 Å². The topological polar surface area (TPSA) is 12.5 Å². The van der Waals surface area contributed by atoms with E-state index < -0.39 is 0 Å². The Hall–Kier alpha value is -0.350. The van der Waals surface area contributed by atoms with E-state index >= 15 is 0 Å². The molecule has 1 aromatic carbocycles. The fourth-order valence-electron chi connectivity index (χ4n) is 1.58. The Labute approximate surface area is 111 Å². The first-order valence-corrected chi connectivity index (χ1v) is 6.10. The summed E-state index contributed by atoms with van der Waals surface area (Å²) in [6.07, 6.45) is 0. The Bertz CT molecular complexity index is 362. The van der Waals surface area contributed by atoms with E-state index in [1.165, 1.54) is 12.1 Å². The summed E-state index contributed by atoms with van der Waals surface area (Å²) in [7, 11) is 3.55. The maximum absolute atomic E-state index is 12.9. The molecule has 2 nitrogen and oxygen atoms in total. The van der Waals surface area contributed by atoms with Crippen LogP contribution in [-0.2, 0) is 11.3 Å². The Morgan fingerprint density at radius 2 is 2.18 bits per heavy atom. The number of benzene rings is 1. The van der Waals surface area contributed by atoms with Gasteiger partial charge in [0.15, 0.2) is 0 Å². The van der Waals surface area contributed by atoms with Crippen molar-refractivity contribution in [2.24, 2.45) is 0 Å². The lowest BCUT2D eigenvalue weighted by atomic mass is 10.2. The molecule has 0 saturated carbocycles. The summed E-state index contributed by atoms with van der Waals surface area (Å²) < 4.78 is 17.8. The smallest absolute Gasteiger partial charge is 0.124 e. The van der Waals surface area contributed by atoms with Crippen molar-refractivity contribution in [2.45, 2.75) is 11.9 Å². The number of ether oxygens (including phenoxy) is 1. The van der Waals surface area contributed by atoms with Crippen molar-refractivity contribution < 1.29 is 9.13 Å². The average molecular weight is 280 g/mol. The molecule has 0 bridgehead atoms. The number of alkyl halides is 1. The van der Waals surface area contributed by atoms with Crippen LogP contribution in [0.15, 0.2) is 18.2 Å². The Balaban J connectivity index is 2.52. The SMILES string of the molecule is COCC(Cl)CN(C)Cc1ccc(F)cc1Cl. The van der Waals surface area contributed by atoms with Gasteiger partial charge in [-0.25, -0.2) is 4.39 Å². The minimum absolute atomic E-state index is 0.0655. The summed E-state index contributed by atoms with van der Waals surface area (Å²) in [5.74, 6) is -0.323. The molecule has 17 heavy (non-hydrogen) atoms. The van der Waals surface area contributed by atoms with Crippen LogP contribution in [0.3, 0.4) is 0 Å². The van der Waals surface area contributed by atoms with Crippen LogP contribution in [0.4, 0.5) is 4.39 Å². The van der Waals surface area contributed by atoms with Gasteiger partial charge < -0.3 is 9.64 Å². The van der Waals surface area contributed by atoms with Gasteiger partial charge in [-0.3, -0.25) is 0 Å². The first-order valence-electron chi connectivity index (χ1n) is 5.28. The Morgan fingerprint density at radius 3 is 2.76 bits per heavy atom. The molecule has 0 aliphatic rings. The second-order valence-electron chi connectivity index (χ2n) is 3.99. The van der Waals surface area contributed by atoms with Crippen molar-refractivity contribution in [1.82, 2.24) is 4.90 Å². The Morgan fingerprint density at radius 1 is 1.47 bits per heavy atom. The number of hydrogen-bond donors (Lipinski definition) is 0. The number of nitrogens with zero attached hydrogens (tertiary/aromatic N) is 1. The molecule has 1 rings (SSSR count). The van der Waals surface area contributed by atoms with E-state index in [0.29, 0.717) is 24.7 Å². The highest BCUT2D eigenvalue weighted by molar-refractivity contribution is 6.31. The van der Waals surface area contributed by atoms with E-state index in [1.54, 1.807) is 13.2 Å². The molecule has 1 unspecified atom stereocenters. The number of hydrogen-bond acceptors (Lipinski definition) is 2. The predicted octanol–water partition coefficient (Wildman–Crippen LogP) is 3.16. The lowest BCUT2D eigenvalue weighted by molar-refractivity contribution is 0.181. The van der Waals surface area contributed by atoms with E-state index in [4.69, 9.17) is 27.9 Å². The fraction of sp³-hybridized carbons (Fsp3) is 0.500. The molecule has 96 valence electrons. The molecule has 0 aromatic heterocycles. The van der Waals surface area contributed by atoms with Crippen LogP contribution in [-0.4, -0.2) is 37.6 Å². The molecule has 5 heteroatoms.